The number of hydrogen-bond donors (Lipinski definition) is 1. The molecule has 6 nitrogen and oxygen atoms in total. The van der Waals surface area contributed by atoms with Crippen molar-refractivity contribution < 1.29 is 9.72 Å². The molecule has 0 heterocycles. The topological polar surface area (TPSA) is 84.6 Å². The monoisotopic (exact) mass is 235 g/mol. The largest absolute Gasteiger partial charge is 0.282 e. The highest BCUT2D eigenvalue weighted by Crippen LogP contribution is 2.16. The van der Waals surface area contributed by atoms with Gasteiger partial charge in [0.2, 0.25) is 0 Å². The van der Waals surface area contributed by atoms with Crippen LogP contribution in [-0.2, 0) is 0 Å². The second kappa shape index (κ2) is 6.37. The Kier molecular flexibility index (Phi) is 4.80. The minimum absolute atomic E-state index is 0.00569. The molecule has 1 N–H and O–H groups in total. The summed E-state index contributed by atoms with van der Waals surface area (Å²) >= 11 is 0. The quantitative estimate of drug-likeness (QED) is 0.482. The summed E-state index contributed by atoms with van der Waals surface area (Å²) in [5, 5.41) is 14.4. The SMILES string of the molecule is CCC/C=N\NC(=O)c1ccccc1[N+](=O)[O-]. The van der Waals surface area contributed by atoms with Crippen molar-refractivity contribution in [1.29, 1.82) is 0 Å². The van der Waals surface area contributed by atoms with E-state index in [-0.39, 0.29) is 11.3 Å². The van der Waals surface area contributed by atoms with Crippen molar-refractivity contribution in [3.8, 4) is 0 Å². The number of benzene rings is 1. The van der Waals surface area contributed by atoms with Crippen LogP contribution in [0.4, 0.5) is 5.69 Å². The number of nitrogens with one attached hydrogen (secondary N) is 1. The average Bonchev–Trinajstić information content (AvgIpc) is 2.34. The molecular formula is C11H13N3O3. The number of rotatable bonds is 5. The molecule has 0 aliphatic carbocycles. The highest BCUT2D eigenvalue weighted by molar-refractivity contribution is 5.98. The predicted octanol–water partition coefficient (Wildman–Crippen LogP) is 2.11. The van der Waals surface area contributed by atoms with Gasteiger partial charge in [-0.1, -0.05) is 25.5 Å². The van der Waals surface area contributed by atoms with E-state index in [9.17, 15) is 14.9 Å². The second-order valence-corrected chi connectivity index (χ2v) is 3.32. The third kappa shape index (κ3) is 3.67. The van der Waals surface area contributed by atoms with Crippen LogP contribution in [0, 0.1) is 10.1 Å². The third-order valence-corrected chi connectivity index (χ3v) is 2.02. The van der Waals surface area contributed by atoms with E-state index in [1.165, 1.54) is 18.2 Å². The number of hydrazone groups is 1. The van der Waals surface area contributed by atoms with Crippen molar-refractivity contribution in [2.45, 2.75) is 19.8 Å². The van der Waals surface area contributed by atoms with Crippen LogP contribution in [0.1, 0.15) is 30.1 Å². The Morgan fingerprint density at radius 1 is 1.53 bits per heavy atom. The molecule has 6 heteroatoms. The minimum atomic E-state index is -0.593. The number of carbonyl (C=O) groups is 1. The number of amides is 1. The lowest BCUT2D eigenvalue weighted by Gasteiger charge is -2.00. The number of para-hydroxylation sites is 1. The van der Waals surface area contributed by atoms with Crippen LogP contribution in [-0.4, -0.2) is 17.0 Å². The number of nitro groups is 1. The molecule has 1 aromatic rings. The zero-order chi connectivity index (χ0) is 12.7. The van der Waals surface area contributed by atoms with E-state index < -0.39 is 10.8 Å². The number of unbranched alkanes of at least 4 members (excludes halogenated alkanes) is 1. The van der Waals surface area contributed by atoms with Gasteiger partial charge in [0.25, 0.3) is 11.6 Å². The molecule has 0 fully saturated rings. The van der Waals surface area contributed by atoms with Crippen molar-refractivity contribution in [3.63, 3.8) is 0 Å². The maximum Gasteiger partial charge on any atom is 0.282 e. The Balaban J connectivity index is 2.78. The summed E-state index contributed by atoms with van der Waals surface area (Å²) in [5.41, 5.74) is 2.03. The molecule has 0 spiro atoms. The zero-order valence-corrected chi connectivity index (χ0v) is 9.42. The van der Waals surface area contributed by atoms with E-state index in [2.05, 4.69) is 10.5 Å². The van der Waals surface area contributed by atoms with Crippen molar-refractivity contribution in [2.24, 2.45) is 5.10 Å². The summed E-state index contributed by atoms with van der Waals surface area (Å²) in [4.78, 5) is 21.7. The molecule has 0 unspecified atom stereocenters. The van der Waals surface area contributed by atoms with E-state index >= 15 is 0 Å². The number of nitro benzene ring substituents is 1. The second-order valence-electron chi connectivity index (χ2n) is 3.32. The van der Waals surface area contributed by atoms with Gasteiger partial charge in [-0.25, -0.2) is 5.43 Å². The molecule has 0 aliphatic rings. The molecule has 0 aliphatic heterocycles. The first kappa shape index (κ1) is 12.8. The van der Waals surface area contributed by atoms with Crippen LogP contribution in [0.15, 0.2) is 29.4 Å². The molecule has 90 valence electrons. The number of hydrogen-bond acceptors (Lipinski definition) is 4. The summed E-state index contributed by atoms with van der Waals surface area (Å²) in [6, 6.07) is 5.75. The summed E-state index contributed by atoms with van der Waals surface area (Å²) in [6.45, 7) is 1.98. The van der Waals surface area contributed by atoms with E-state index in [0.29, 0.717) is 0 Å². The number of nitrogens with zero attached hydrogens (tertiary/aromatic N) is 2. The molecular weight excluding hydrogens is 222 g/mol. The smallest absolute Gasteiger partial charge is 0.267 e. The Hall–Kier alpha value is -2.24. The Morgan fingerprint density at radius 2 is 2.24 bits per heavy atom. The first-order valence-electron chi connectivity index (χ1n) is 5.22. The van der Waals surface area contributed by atoms with Crippen LogP contribution < -0.4 is 5.43 Å². The molecule has 0 aromatic heterocycles. The standard InChI is InChI=1S/C11H13N3O3/c1-2-3-8-12-13-11(15)9-6-4-5-7-10(9)14(16)17/h4-8H,2-3H2,1H3,(H,13,15)/b12-8-. The molecule has 17 heavy (non-hydrogen) atoms. The molecule has 0 saturated carbocycles. The molecule has 1 amide bonds. The van der Waals surface area contributed by atoms with Gasteiger partial charge in [-0.3, -0.25) is 14.9 Å². The molecule has 0 atom stereocenters. The minimum Gasteiger partial charge on any atom is -0.267 e. The Labute approximate surface area is 98.5 Å². The van der Waals surface area contributed by atoms with Gasteiger partial charge < -0.3 is 0 Å². The molecule has 0 radical (unpaired) electrons. The molecule has 0 saturated heterocycles. The Bertz CT molecular complexity index is 443. The predicted molar refractivity (Wildman–Crippen MR) is 64.0 cm³/mol. The van der Waals surface area contributed by atoms with E-state index in [4.69, 9.17) is 0 Å². The van der Waals surface area contributed by atoms with Crippen LogP contribution >= 0.6 is 0 Å². The molecule has 1 aromatic carbocycles. The van der Waals surface area contributed by atoms with Gasteiger partial charge in [-0.15, -0.1) is 0 Å². The van der Waals surface area contributed by atoms with E-state index in [1.807, 2.05) is 6.92 Å². The fourth-order valence-electron chi connectivity index (χ4n) is 1.18. The van der Waals surface area contributed by atoms with Gasteiger partial charge in [0.1, 0.15) is 5.56 Å². The fraction of sp³-hybridized carbons (Fsp3) is 0.273. The first-order valence-corrected chi connectivity index (χ1v) is 5.22. The van der Waals surface area contributed by atoms with Gasteiger partial charge >= 0.3 is 0 Å². The first-order chi connectivity index (χ1) is 8.16. The van der Waals surface area contributed by atoms with Gasteiger partial charge in [0.15, 0.2) is 0 Å². The van der Waals surface area contributed by atoms with Crippen molar-refractivity contribution in [3.05, 3.63) is 39.9 Å². The van der Waals surface area contributed by atoms with Gasteiger partial charge in [-0.2, -0.15) is 5.10 Å². The maximum absolute atomic E-state index is 11.6. The fourth-order valence-corrected chi connectivity index (χ4v) is 1.18. The van der Waals surface area contributed by atoms with Crippen LogP contribution in [0.3, 0.4) is 0 Å². The van der Waals surface area contributed by atoms with E-state index in [1.54, 1.807) is 12.3 Å². The lowest BCUT2D eigenvalue weighted by atomic mass is 10.2. The van der Waals surface area contributed by atoms with Crippen molar-refractivity contribution in [1.82, 2.24) is 5.43 Å². The Morgan fingerprint density at radius 3 is 2.88 bits per heavy atom. The summed E-state index contributed by atoms with van der Waals surface area (Å²) in [6.07, 6.45) is 3.23. The van der Waals surface area contributed by atoms with Crippen LogP contribution in [0.2, 0.25) is 0 Å². The van der Waals surface area contributed by atoms with Gasteiger partial charge in [-0.05, 0) is 12.5 Å². The van der Waals surface area contributed by atoms with Gasteiger partial charge in [0, 0.05) is 12.3 Å². The molecule has 1 rings (SSSR count). The third-order valence-electron chi connectivity index (χ3n) is 2.02. The lowest BCUT2D eigenvalue weighted by Crippen LogP contribution is -2.18. The summed E-state index contributed by atoms with van der Waals surface area (Å²) in [5.74, 6) is -0.579. The number of carbonyl (C=O) groups excluding carboxylic acids is 1. The van der Waals surface area contributed by atoms with E-state index in [0.717, 1.165) is 12.8 Å². The summed E-state index contributed by atoms with van der Waals surface area (Å²) in [7, 11) is 0. The van der Waals surface area contributed by atoms with Crippen molar-refractivity contribution in [2.75, 3.05) is 0 Å². The normalized spacial score (nSPS) is 10.4. The van der Waals surface area contributed by atoms with Gasteiger partial charge in [0.05, 0.1) is 4.92 Å². The van der Waals surface area contributed by atoms with Crippen molar-refractivity contribution >= 4 is 17.8 Å². The lowest BCUT2D eigenvalue weighted by molar-refractivity contribution is -0.385. The highest BCUT2D eigenvalue weighted by atomic mass is 16.6. The van der Waals surface area contributed by atoms with Crippen LogP contribution in [0.5, 0.6) is 0 Å². The zero-order valence-electron chi connectivity index (χ0n) is 9.42. The summed E-state index contributed by atoms with van der Waals surface area (Å²) < 4.78 is 0. The maximum atomic E-state index is 11.6. The van der Waals surface area contributed by atoms with Crippen LogP contribution in [0.25, 0.3) is 0 Å². The highest BCUT2D eigenvalue weighted by Gasteiger charge is 2.18. The average molecular weight is 235 g/mol. The molecule has 0 bridgehead atoms.